The van der Waals surface area contributed by atoms with Crippen LogP contribution in [-0.2, 0) is 24.2 Å². The second-order valence-corrected chi connectivity index (χ2v) is 8.04. The van der Waals surface area contributed by atoms with Crippen molar-refractivity contribution in [1.29, 1.82) is 0 Å². The molecule has 0 bridgehead atoms. The molecule has 2 aromatic carbocycles. The first-order valence-electron chi connectivity index (χ1n) is 8.16. The minimum Gasteiger partial charge on any atom is -0.468 e. The number of nitro benzene ring substituents is 1. The van der Waals surface area contributed by atoms with Crippen LogP contribution in [0.4, 0.5) is 10.1 Å². The zero-order chi connectivity index (χ0) is 21.8. The van der Waals surface area contributed by atoms with Crippen LogP contribution in [0.5, 0.6) is 0 Å². The number of nitro groups is 1. The minimum atomic E-state index is -4.46. The molecule has 1 amide bonds. The fraction of sp³-hybridized carbons (Fsp3) is 0.222. The second kappa shape index (κ2) is 8.78. The molecule has 0 radical (unpaired) electrons. The van der Waals surface area contributed by atoms with Gasteiger partial charge in [0.05, 0.1) is 23.0 Å². The number of amides is 1. The van der Waals surface area contributed by atoms with E-state index in [0.717, 1.165) is 50.4 Å². The van der Waals surface area contributed by atoms with E-state index in [9.17, 15) is 32.5 Å². The van der Waals surface area contributed by atoms with Gasteiger partial charge in [0, 0.05) is 19.1 Å². The van der Waals surface area contributed by atoms with Crippen LogP contribution >= 0.6 is 0 Å². The quantitative estimate of drug-likeness (QED) is 0.408. The molecule has 2 aromatic rings. The maximum Gasteiger partial charge on any atom is 0.326 e. The molecule has 0 saturated heterocycles. The molecule has 2 atom stereocenters. The Balaban J connectivity index is 2.61. The number of ether oxygens (including phenoxy) is 1. The van der Waals surface area contributed by atoms with Gasteiger partial charge in [0.15, 0.2) is 15.1 Å². The Morgan fingerprint density at radius 1 is 1.10 bits per heavy atom. The van der Waals surface area contributed by atoms with Crippen molar-refractivity contribution in [3.05, 3.63) is 70.0 Å². The third-order valence-corrected chi connectivity index (χ3v) is 6.10. The van der Waals surface area contributed by atoms with Gasteiger partial charge in [-0.05, 0) is 29.8 Å². The molecule has 0 heterocycles. The van der Waals surface area contributed by atoms with Crippen molar-refractivity contribution < 1.29 is 32.1 Å². The summed E-state index contributed by atoms with van der Waals surface area (Å²) in [6, 6.07) is 7.11. The Hall–Kier alpha value is -3.34. The fourth-order valence-electron chi connectivity index (χ4n) is 2.69. The number of non-ortho nitro benzene ring substituents is 1. The topological polar surface area (TPSA) is 133 Å². The lowest BCUT2D eigenvalue weighted by Gasteiger charge is -2.26. The van der Waals surface area contributed by atoms with Gasteiger partial charge in [-0.25, -0.2) is 12.8 Å². The van der Waals surface area contributed by atoms with Crippen LogP contribution in [0.3, 0.4) is 0 Å². The van der Waals surface area contributed by atoms with Crippen LogP contribution in [0.1, 0.15) is 18.5 Å². The van der Waals surface area contributed by atoms with Gasteiger partial charge < -0.3 is 10.1 Å². The smallest absolute Gasteiger partial charge is 0.326 e. The number of nitrogens with zero attached hydrogens (tertiary/aromatic N) is 1. The summed E-state index contributed by atoms with van der Waals surface area (Å²) in [6.45, 7) is 1.13. The molecule has 0 aliphatic carbocycles. The van der Waals surface area contributed by atoms with Crippen molar-refractivity contribution in [1.82, 2.24) is 5.32 Å². The minimum absolute atomic E-state index is 0.155. The lowest BCUT2D eigenvalue weighted by molar-refractivity contribution is -0.384. The summed E-state index contributed by atoms with van der Waals surface area (Å²) in [6.07, 6.45) is 0. The summed E-state index contributed by atoms with van der Waals surface area (Å²) < 4.78 is 44.3. The van der Waals surface area contributed by atoms with E-state index in [1.165, 1.54) is 12.1 Å². The van der Waals surface area contributed by atoms with Crippen LogP contribution in [0, 0.1) is 15.9 Å². The second-order valence-electron chi connectivity index (χ2n) is 5.97. The zero-order valence-electron chi connectivity index (χ0n) is 15.4. The maximum absolute atomic E-state index is 13.3. The number of carbonyl (C=O) groups is 2. The first-order chi connectivity index (χ1) is 13.6. The number of benzene rings is 2. The number of nitrogens with one attached hydrogen (secondary N) is 1. The summed E-state index contributed by atoms with van der Waals surface area (Å²) in [4.78, 5) is 33.8. The van der Waals surface area contributed by atoms with Crippen LogP contribution in [0.2, 0.25) is 0 Å². The molecule has 0 aliphatic rings. The van der Waals surface area contributed by atoms with Crippen LogP contribution in [0.15, 0.2) is 53.4 Å². The highest BCUT2D eigenvalue weighted by molar-refractivity contribution is 7.92. The van der Waals surface area contributed by atoms with E-state index in [4.69, 9.17) is 0 Å². The highest BCUT2D eigenvalue weighted by Gasteiger charge is 2.43. The molecule has 9 nitrogen and oxygen atoms in total. The largest absolute Gasteiger partial charge is 0.468 e. The van der Waals surface area contributed by atoms with Crippen molar-refractivity contribution in [3.63, 3.8) is 0 Å². The van der Waals surface area contributed by atoms with E-state index in [1.807, 2.05) is 0 Å². The molecule has 0 aliphatic heterocycles. The van der Waals surface area contributed by atoms with Crippen molar-refractivity contribution in [2.24, 2.45) is 0 Å². The molecule has 0 spiro atoms. The molecule has 0 saturated carbocycles. The number of hydrogen-bond donors (Lipinski definition) is 1. The Bertz CT molecular complexity index is 1020. The van der Waals surface area contributed by atoms with Crippen LogP contribution < -0.4 is 5.32 Å². The lowest BCUT2D eigenvalue weighted by atomic mass is 10.0. The van der Waals surface area contributed by atoms with Crippen molar-refractivity contribution in [2.45, 2.75) is 23.1 Å². The lowest BCUT2D eigenvalue weighted by Crippen LogP contribution is -2.44. The molecule has 154 valence electrons. The predicted molar refractivity (Wildman–Crippen MR) is 99.0 cm³/mol. The van der Waals surface area contributed by atoms with Gasteiger partial charge in [-0.2, -0.15) is 0 Å². The van der Waals surface area contributed by atoms with Crippen molar-refractivity contribution in [3.8, 4) is 0 Å². The number of carbonyl (C=O) groups excluding carboxylic acids is 2. The third kappa shape index (κ3) is 4.93. The van der Waals surface area contributed by atoms with E-state index in [2.05, 4.69) is 10.1 Å². The summed E-state index contributed by atoms with van der Waals surface area (Å²) in [7, 11) is -3.48. The van der Waals surface area contributed by atoms with Crippen molar-refractivity contribution >= 4 is 27.4 Å². The van der Waals surface area contributed by atoms with Gasteiger partial charge in [-0.1, -0.05) is 12.1 Å². The monoisotopic (exact) mass is 424 g/mol. The molecule has 0 aromatic heterocycles. The molecule has 2 unspecified atom stereocenters. The van der Waals surface area contributed by atoms with Crippen molar-refractivity contribution in [2.75, 3.05) is 7.11 Å². The van der Waals surface area contributed by atoms with Crippen LogP contribution in [-0.4, -0.2) is 37.6 Å². The predicted octanol–water partition coefficient (Wildman–Crippen LogP) is 1.93. The third-order valence-electron chi connectivity index (χ3n) is 4.03. The van der Waals surface area contributed by atoms with Crippen LogP contribution in [0.25, 0.3) is 0 Å². The average Bonchev–Trinajstić information content (AvgIpc) is 2.67. The van der Waals surface area contributed by atoms with E-state index < -0.39 is 43.7 Å². The Labute approximate surface area is 165 Å². The summed E-state index contributed by atoms with van der Waals surface area (Å²) in [5.74, 6) is -2.39. The number of rotatable bonds is 7. The number of halogens is 1. The number of hydrogen-bond acceptors (Lipinski definition) is 7. The highest BCUT2D eigenvalue weighted by Crippen LogP contribution is 2.29. The molecular weight excluding hydrogens is 407 g/mol. The molecule has 2 rings (SSSR count). The zero-order valence-corrected chi connectivity index (χ0v) is 16.2. The fourth-order valence-corrected chi connectivity index (χ4v) is 4.43. The van der Waals surface area contributed by atoms with Gasteiger partial charge in [0.25, 0.3) is 5.69 Å². The number of sulfone groups is 1. The molecular formula is C18H17FN2O7S. The SMILES string of the molecule is COC(=O)C(C(NC(C)=O)c1ccc(F)cc1)S(=O)(=O)c1ccc([N+](=O)[O-])cc1. The van der Waals surface area contributed by atoms with Gasteiger partial charge in [-0.3, -0.25) is 19.7 Å². The van der Waals surface area contributed by atoms with E-state index in [0.29, 0.717) is 0 Å². The van der Waals surface area contributed by atoms with Gasteiger partial charge in [0.1, 0.15) is 5.82 Å². The Kier molecular flexibility index (Phi) is 6.64. The normalized spacial score (nSPS) is 13.2. The first-order valence-corrected chi connectivity index (χ1v) is 9.71. The van der Waals surface area contributed by atoms with Gasteiger partial charge in [-0.15, -0.1) is 0 Å². The molecule has 1 N–H and O–H groups in total. The molecule has 11 heteroatoms. The standard InChI is InChI=1S/C18H17FN2O7S/c1-11(22)20-16(12-3-5-13(19)6-4-12)17(18(23)28-2)29(26,27)15-9-7-14(8-10-15)21(24)25/h3-10,16-17H,1-2H3,(H,20,22). The van der Waals surface area contributed by atoms with E-state index >= 15 is 0 Å². The number of esters is 1. The van der Waals surface area contributed by atoms with E-state index in [-0.39, 0.29) is 16.1 Å². The Morgan fingerprint density at radius 2 is 1.66 bits per heavy atom. The molecule has 29 heavy (non-hydrogen) atoms. The number of methoxy groups -OCH3 is 1. The Morgan fingerprint density at radius 3 is 2.10 bits per heavy atom. The van der Waals surface area contributed by atoms with Gasteiger partial charge in [0.2, 0.25) is 5.91 Å². The van der Waals surface area contributed by atoms with Gasteiger partial charge >= 0.3 is 5.97 Å². The highest BCUT2D eigenvalue weighted by atomic mass is 32.2. The summed E-state index contributed by atoms with van der Waals surface area (Å²) >= 11 is 0. The first kappa shape index (κ1) is 22.0. The average molecular weight is 424 g/mol. The molecule has 0 fully saturated rings. The summed E-state index contributed by atoms with van der Waals surface area (Å²) in [5.41, 5.74) is -0.182. The maximum atomic E-state index is 13.3. The van der Waals surface area contributed by atoms with E-state index in [1.54, 1.807) is 0 Å². The summed E-state index contributed by atoms with van der Waals surface area (Å²) in [5, 5.41) is 11.3.